The highest BCUT2D eigenvalue weighted by Crippen LogP contribution is 2.31. The maximum Gasteiger partial charge on any atom is 0.219 e. The molecule has 3 nitrogen and oxygen atoms in total. The first kappa shape index (κ1) is 14.3. The van der Waals surface area contributed by atoms with Gasteiger partial charge in [0.2, 0.25) is 5.88 Å². The number of hydrogen-bond acceptors (Lipinski definition) is 3. The molecule has 0 radical (unpaired) electrons. The van der Waals surface area contributed by atoms with Crippen molar-refractivity contribution < 1.29 is 4.74 Å². The maximum absolute atomic E-state index is 6.06. The summed E-state index contributed by atoms with van der Waals surface area (Å²) in [6.07, 6.45) is 1.80. The normalized spacial score (nSPS) is 10.5. The fourth-order valence-electron chi connectivity index (χ4n) is 1.51. The minimum absolute atomic E-state index is 0.528. The SMILES string of the molecule is CCNCc1ccc(Oc2cc(Br)ccc2Cl)nc1. The van der Waals surface area contributed by atoms with Crippen molar-refractivity contribution in [3.05, 3.63) is 51.6 Å². The van der Waals surface area contributed by atoms with E-state index in [9.17, 15) is 0 Å². The molecule has 1 aromatic carbocycles. The van der Waals surface area contributed by atoms with Gasteiger partial charge in [-0.3, -0.25) is 0 Å². The Morgan fingerprint density at radius 3 is 2.84 bits per heavy atom. The van der Waals surface area contributed by atoms with E-state index < -0.39 is 0 Å². The molecule has 0 atom stereocenters. The largest absolute Gasteiger partial charge is 0.437 e. The molecule has 2 aromatic rings. The fraction of sp³-hybridized carbons (Fsp3) is 0.214. The molecule has 0 fully saturated rings. The summed E-state index contributed by atoms with van der Waals surface area (Å²) in [6.45, 7) is 3.81. The quantitative estimate of drug-likeness (QED) is 0.875. The number of hydrogen-bond donors (Lipinski definition) is 1. The second-order valence-electron chi connectivity index (χ2n) is 3.96. The molecule has 1 heterocycles. The first-order chi connectivity index (χ1) is 9.19. The number of nitrogens with zero attached hydrogens (tertiary/aromatic N) is 1. The van der Waals surface area contributed by atoms with Gasteiger partial charge in [-0.1, -0.05) is 40.5 Å². The number of benzene rings is 1. The van der Waals surface area contributed by atoms with Crippen molar-refractivity contribution in [2.45, 2.75) is 13.5 Å². The van der Waals surface area contributed by atoms with Gasteiger partial charge in [0.1, 0.15) is 5.75 Å². The summed E-state index contributed by atoms with van der Waals surface area (Å²) < 4.78 is 6.57. The molecule has 0 amide bonds. The van der Waals surface area contributed by atoms with Gasteiger partial charge in [-0.25, -0.2) is 4.98 Å². The second kappa shape index (κ2) is 6.89. The average Bonchev–Trinajstić information content (AvgIpc) is 2.42. The van der Waals surface area contributed by atoms with Crippen molar-refractivity contribution in [3.63, 3.8) is 0 Å². The van der Waals surface area contributed by atoms with Crippen LogP contribution in [0.2, 0.25) is 5.02 Å². The number of nitrogens with one attached hydrogen (secondary N) is 1. The van der Waals surface area contributed by atoms with Gasteiger partial charge >= 0.3 is 0 Å². The zero-order chi connectivity index (χ0) is 13.7. The smallest absolute Gasteiger partial charge is 0.219 e. The Morgan fingerprint density at radius 1 is 1.32 bits per heavy atom. The van der Waals surface area contributed by atoms with Gasteiger partial charge in [-0.05, 0) is 30.3 Å². The molecule has 19 heavy (non-hydrogen) atoms. The first-order valence-electron chi connectivity index (χ1n) is 5.97. The summed E-state index contributed by atoms with van der Waals surface area (Å²) in [4.78, 5) is 4.26. The highest BCUT2D eigenvalue weighted by atomic mass is 79.9. The minimum atomic E-state index is 0.528. The van der Waals surface area contributed by atoms with Crippen molar-refractivity contribution in [3.8, 4) is 11.6 Å². The van der Waals surface area contributed by atoms with Crippen LogP contribution in [0.15, 0.2) is 41.0 Å². The Balaban J connectivity index is 2.08. The average molecular weight is 342 g/mol. The molecule has 5 heteroatoms. The minimum Gasteiger partial charge on any atom is -0.437 e. The Labute approximate surface area is 126 Å². The van der Waals surface area contributed by atoms with Gasteiger partial charge in [0.15, 0.2) is 0 Å². The Hall–Kier alpha value is -1.10. The third-order valence-corrected chi connectivity index (χ3v) is 3.29. The van der Waals surface area contributed by atoms with Crippen LogP contribution in [0.4, 0.5) is 0 Å². The van der Waals surface area contributed by atoms with Crippen molar-refractivity contribution in [1.29, 1.82) is 0 Å². The van der Waals surface area contributed by atoms with E-state index in [2.05, 4.69) is 33.2 Å². The Bertz CT molecular complexity index is 546. The highest BCUT2D eigenvalue weighted by Gasteiger charge is 2.05. The molecule has 2 rings (SSSR count). The lowest BCUT2D eigenvalue weighted by atomic mass is 10.3. The topological polar surface area (TPSA) is 34.1 Å². The lowest BCUT2D eigenvalue weighted by Crippen LogP contribution is -2.11. The van der Waals surface area contributed by atoms with E-state index >= 15 is 0 Å². The van der Waals surface area contributed by atoms with Crippen molar-refractivity contribution in [1.82, 2.24) is 10.3 Å². The summed E-state index contributed by atoms with van der Waals surface area (Å²) in [7, 11) is 0. The number of halogens is 2. The summed E-state index contributed by atoms with van der Waals surface area (Å²) in [6, 6.07) is 9.28. The van der Waals surface area contributed by atoms with E-state index in [-0.39, 0.29) is 0 Å². The first-order valence-corrected chi connectivity index (χ1v) is 7.14. The number of ether oxygens (including phenoxy) is 1. The van der Waals surface area contributed by atoms with Gasteiger partial charge in [0.25, 0.3) is 0 Å². The monoisotopic (exact) mass is 340 g/mol. The van der Waals surface area contributed by atoms with Crippen LogP contribution in [0.5, 0.6) is 11.6 Å². The second-order valence-corrected chi connectivity index (χ2v) is 5.28. The number of rotatable bonds is 5. The summed E-state index contributed by atoms with van der Waals surface area (Å²) in [5.41, 5.74) is 1.12. The molecule has 0 bridgehead atoms. The fourth-order valence-corrected chi connectivity index (χ4v) is 2.01. The molecular formula is C14H14BrClN2O. The number of pyridine rings is 1. The van der Waals surface area contributed by atoms with Crippen LogP contribution < -0.4 is 10.1 Å². The zero-order valence-electron chi connectivity index (χ0n) is 10.5. The summed E-state index contributed by atoms with van der Waals surface area (Å²) in [5, 5.41) is 3.80. The standard InChI is InChI=1S/C14H14BrClN2O/c1-2-17-8-10-3-6-14(18-9-10)19-13-7-11(15)4-5-12(13)16/h3-7,9,17H,2,8H2,1H3. The van der Waals surface area contributed by atoms with Gasteiger partial charge in [-0.2, -0.15) is 0 Å². The third-order valence-electron chi connectivity index (χ3n) is 2.48. The highest BCUT2D eigenvalue weighted by molar-refractivity contribution is 9.10. The Kier molecular flexibility index (Phi) is 5.19. The van der Waals surface area contributed by atoms with E-state index in [1.807, 2.05) is 24.3 Å². The maximum atomic E-state index is 6.06. The summed E-state index contributed by atoms with van der Waals surface area (Å²) in [5.74, 6) is 1.11. The molecule has 0 saturated heterocycles. The predicted octanol–water partition coefficient (Wildman–Crippen LogP) is 4.40. The van der Waals surface area contributed by atoms with Crippen LogP contribution in [0, 0.1) is 0 Å². The molecule has 0 spiro atoms. The van der Waals surface area contributed by atoms with Gasteiger partial charge in [0.05, 0.1) is 5.02 Å². The molecule has 0 aliphatic rings. The Morgan fingerprint density at radius 2 is 2.16 bits per heavy atom. The van der Waals surface area contributed by atoms with Crippen LogP contribution in [-0.4, -0.2) is 11.5 Å². The predicted molar refractivity (Wildman–Crippen MR) is 80.8 cm³/mol. The molecule has 0 saturated carbocycles. The van der Waals surface area contributed by atoms with E-state index in [1.165, 1.54) is 0 Å². The molecule has 0 aliphatic carbocycles. The lowest BCUT2D eigenvalue weighted by Gasteiger charge is -2.08. The van der Waals surface area contributed by atoms with Gasteiger partial charge < -0.3 is 10.1 Å². The van der Waals surface area contributed by atoms with Crippen LogP contribution in [-0.2, 0) is 6.54 Å². The molecular weight excluding hydrogens is 328 g/mol. The molecule has 0 unspecified atom stereocenters. The summed E-state index contributed by atoms with van der Waals surface area (Å²) >= 11 is 9.44. The van der Waals surface area contributed by atoms with Gasteiger partial charge in [-0.15, -0.1) is 0 Å². The van der Waals surface area contributed by atoms with E-state index in [0.29, 0.717) is 16.7 Å². The van der Waals surface area contributed by atoms with E-state index in [1.54, 1.807) is 12.3 Å². The zero-order valence-corrected chi connectivity index (χ0v) is 12.8. The van der Waals surface area contributed by atoms with Crippen molar-refractivity contribution >= 4 is 27.5 Å². The van der Waals surface area contributed by atoms with E-state index in [4.69, 9.17) is 16.3 Å². The molecule has 1 N–H and O–H groups in total. The van der Waals surface area contributed by atoms with Crippen molar-refractivity contribution in [2.24, 2.45) is 0 Å². The van der Waals surface area contributed by atoms with Gasteiger partial charge in [0, 0.05) is 23.3 Å². The van der Waals surface area contributed by atoms with Crippen molar-refractivity contribution in [2.75, 3.05) is 6.54 Å². The third kappa shape index (κ3) is 4.20. The van der Waals surface area contributed by atoms with Crippen LogP contribution in [0.1, 0.15) is 12.5 Å². The van der Waals surface area contributed by atoms with E-state index in [0.717, 1.165) is 23.1 Å². The molecule has 0 aliphatic heterocycles. The number of aromatic nitrogens is 1. The molecule has 1 aromatic heterocycles. The lowest BCUT2D eigenvalue weighted by molar-refractivity contribution is 0.462. The van der Waals surface area contributed by atoms with Crippen LogP contribution >= 0.6 is 27.5 Å². The van der Waals surface area contributed by atoms with Crippen LogP contribution in [0.3, 0.4) is 0 Å². The van der Waals surface area contributed by atoms with Crippen LogP contribution in [0.25, 0.3) is 0 Å². The molecule has 100 valence electrons.